The topological polar surface area (TPSA) is 80.1 Å². The fourth-order valence-electron chi connectivity index (χ4n) is 3.86. The molecule has 0 aliphatic heterocycles. The van der Waals surface area contributed by atoms with E-state index < -0.39 is 0 Å². The normalized spacial score (nSPS) is 10.8. The lowest BCUT2D eigenvalue weighted by Gasteiger charge is -2.24. The zero-order valence-electron chi connectivity index (χ0n) is 20.0. The quantitative estimate of drug-likeness (QED) is 0.352. The first kappa shape index (κ1) is 24.3. The monoisotopic (exact) mass is 487 g/mol. The largest absolute Gasteiger partial charge is 0.347 e. The number of aryl methyl sites for hydroxylation is 1. The second-order valence-electron chi connectivity index (χ2n) is 8.33. The summed E-state index contributed by atoms with van der Waals surface area (Å²) in [4.78, 5) is 36.2. The molecule has 0 unspecified atom stereocenters. The molecule has 0 radical (unpaired) electrons. The van der Waals surface area contributed by atoms with Gasteiger partial charge in [0, 0.05) is 48.3 Å². The number of pyridine rings is 1. The summed E-state index contributed by atoms with van der Waals surface area (Å²) in [6.45, 7) is 6.21. The number of hydrogen-bond donors (Lipinski definition) is 1. The van der Waals surface area contributed by atoms with Crippen LogP contribution in [0.4, 0.5) is 0 Å². The Morgan fingerprint density at radius 3 is 2.66 bits per heavy atom. The van der Waals surface area contributed by atoms with Gasteiger partial charge in [-0.2, -0.15) is 0 Å². The lowest BCUT2D eigenvalue weighted by molar-refractivity contribution is 0.0738. The third-order valence-electron chi connectivity index (χ3n) is 5.73. The van der Waals surface area contributed by atoms with E-state index in [-0.39, 0.29) is 11.8 Å². The van der Waals surface area contributed by atoms with Crippen LogP contribution in [0.3, 0.4) is 0 Å². The fraction of sp³-hybridized carbons (Fsp3) is 0.259. The van der Waals surface area contributed by atoms with E-state index in [0.29, 0.717) is 31.9 Å². The van der Waals surface area contributed by atoms with Gasteiger partial charge < -0.3 is 14.8 Å². The Kier molecular flexibility index (Phi) is 8.05. The van der Waals surface area contributed by atoms with Crippen molar-refractivity contribution in [2.45, 2.75) is 39.9 Å². The van der Waals surface area contributed by atoms with Crippen molar-refractivity contribution in [3.05, 3.63) is 106 Å². The smallest absolute Gasteiger partial charge is 0.271 e. The lowest BCUT2D eigenvalue weighted by Crippen LogP contribution is -2.32. The molecule has 0 spiro atoms. The molecule has 0 aliphatic carbocycles. The molecule has 8 heteroatoms. The lowest BCUT2D eigenvalue weighted by atomic mass is 10.1. The summed E-state index contributed by atoms with van der Waals surface area (Å²) in [6.07, 6.45) is 6.27. The highest BCUT2D eigenvalue weighted by Crippen LogP contribution is 2.17. The molecular formula is C27H29N5O2S. The summed E-state index contributed by atoms with van der Waals surface area (Å²) in [7, 11) is 0. The fourth-order valence-corrected chi connectivity index (χ4v) is 4.63. The van der Waals surface area contributed by atoms with Gasteiger partial charge in [-0.1, -0.05) is 25.1 Å². The molecule has 180 valence electrons. The molecule has 1 N–H and O–H groups in total. The molecule has 7 nitrogen and oxygen atoms in total. The third kappa shape index (κ3) is 6.22. The number of nitrogens with one attached hydrogen (secondary N) is 1. The number of benzene rings is 1. The Labute approximate surface area is 209 Å². The van der Waals surface area contributed by atoms with Gasteiger partial charge in [0.2, 0.25) is 0 Å². The van der Waals surface area contributed by atoms with Crippen LogP contribution in [-0.4, -0.2) is 37.8 Å². The Hall–Kier alpha value is -3.78. The first-order chi connectivity index (χ1) is 17.0. The van der Waals surface area contributed by atoms with Crippen molar-refractivity contribution in [2.75, 3.05) is 6.54 Å². The molecule has 0 saturated heterocycles. The summed E-state index contributed by atoms with van der Waals surface area (Å²) < 4.78 is 2.09. The van der Waals surface area contributed by atoms with Crippen LogP contribution in [0.25, 0.3) is 0 Å². The van der Waals surface area contributed by atoms with Crippen molar-refractivity contribution in [2.24, 2.45) is 0 Å². The average Bonchev–Trinajstić information content (AvgIpc) is 3.53. The van der Waals surface area contributed by atoms with E-state index in [1.54, 1.807) is 17.8 Å². The van der Waals surface area contributed by atoms with Gasteiger partial charge in [-0.3, -0.25) is 14.6 Å². The maximum absolute atomic E-state index is 13.3. The summed E-state index contributed by atoms with van der Waals surface area (Å²) in [5.74, 6) is -0.157. The maximum Gasteiger partial charge on any atom is 0.271 e. The van der Waals surface area contributed by atoms with Crippen molar-refractivity contribution in [1.82, 2.24) is 24.8 Å². The number of aromatic nitrogens is 3. The third-order valence-corrected chi connectivity index (χ3v) is 6.56. The van der Waals surface area contributed by atoms with E-state index in [4.69, 9.17) is 0 Å². The predicted octanol–water partition coefficient (Wildman–Crippen LogP) is 4.68. The highest BCUT2D eigenvalue weighted by atomic mass is 32.1. The SMILES string of the molecule is CCCN(Cc1cccn1Cc1nc(C(=O)NCc2ccncc2)cs1)C(=O)c1ccccc1C. The van der Waals surface area contributed by atoms with E-state index in [2.05, 4.69) is 26.8 Å². The molecule has 4 aromatic rings. The summed E-state index contributed by atoms with van der Waals surface area (Å²) in [5, 5.41) is 5.52. The standard InChI is InChI=1S/C27H29N5O2S/c1-3-14-32(27(34)23-9-5-4-7-20(23)2)17-22-8-6-15-31(22)18-25-30-24(19-35-25)26(33)29-16-21-10-12-28-13-11-21/h4-13,15,19H,3,14,16-18H2,1-2H3,(H,29,33). The van der Waals surface area contributed by atoms with Crippen LogP contribution in [0, 0.1) is 6.92 Å². The summed E-state index contributed by atoms with van der Waals surface area (Å²) >= 11 is 1.46. The predicted molar refractivity (Wildman–Crippen MR) is 137 cm³/mol. The minimum Gasteiger partial charge on any atom is -0.347 e. The van der Waals surface area contributed by atoms with E-state index >= 15 is 0 Å². The summed E-state index contributed by atoms with van der Waals surface area (Å²) in [5.41, 5.74) is 4.14. The molecule has 3 heterocycles. The van der Waals surface area contributed by atoms with Gasteiger partial charge in [0.1, 0.15) is 10.7 Å². The van der Waals surface area contributed by atoms with Gasteiger partial charge in [-0.15, -0.1) is 11.3 Å². The van der Waals surface area contributed by atoms with Crippen LogP contribution in [0.5, 0.6) is 0 Å². The Balaban J connectivity index is 1.42. The van der Waals surface area contributed by atoms with Gasteiger partial charge >= 0.3 is 0 Å². The highest BCUT2D eigenvalue weighted by molar-refractivity contribution is 7.09. The van der Waals surface area contributed by atoms with Crippen molar-refractivity contribution >= 4 is 23.2 Å². The van der Waals surface area contributed by atoms with Crippen molar-refractivity contribution in [3.8, 4) is 0 Å². The molecule has 35 heavy (non-hydrogen) atoms. The Bertz CT molecular complexity index is 1280. The first-order valence-corrected chi connectivity index (χ1v) is 12.5. The molecule has 0 saturated carbocycles. The number of hydrogen-bond acceptors (Lipinski definition) is 5. The molecule has 1 aromatic carbocycles. The molecule has 0 aliphatic rings. The molecule has 0 fully saturated rings. The van der Waals surface area contributed by atoms with Gasteiger partial charge in [0.15, 0.2) is 0 Å². The number of rotatable bonds is 10. The first-order valence-electron chi connectivity index (χ1n) is 11.7. The van der Waals surface area contributed by atoms with Gasteiger partial charge in [0.25, 0.3) is 11.8 Å². The maximum atomic E-state index is 13.3. The van der Waals surface area contributed by atoms with Crippen LogP contribution in [0.1, 0.15) is 56.0 Å². The molecule has 2 amide bonds. The molecule has 0 atom stereocenters. The summed E-state index contributed by atoms with van der Waals surface area (Å²) in [6, 6.07) is 15.4. The van der Waals surface area contributed by atoms with Crippen LogP contribution >= 0.6 is 11.3 Å². The van der Waals surface area contributed by atoms with Crippen molar-refractivity contribution in [1.29, 1.82) is 0 Å². The van der Waals surface area contributed by atoms with Crippen LogP contribution in [0.2, 0.25) is 0 Å². The van der Waals surface area contributed by atoms with Gasteiger partial charge in [-0.25, -0.2) is 4.98 Å². The van der Waals surface area contributed by atoms with Gasteiger partial charge in [0.05, 0.1) is 13.1 Å². The van der Waals surface area contributed by atoms with Crippen molar-refractivity contribution < 1.29 is 9.59 Å². The second-order valence-corrected chi connectivity index (χ2v) is 9.28. The minimum absolute atomic E-state index is 0.0418. The second kappa shape index (κ2) is 11.6. The van der Waals surface area contributed by atoms with E-state index in [1.165, 1.54) is 11.3 Å². The molecular weight excluding hydrogens is 458 g/mol. The zero-order chi connectivity index (χ0) is 24.6. The zero-order valence-corrected chi connectivity index (χ0v) is 20.8. The Morgan fingerprint density at radius 1 is 1.09 bits per heavy atom. The van der Waals surface area contributed by atoms with Crippen LogP contribution in [-0.2, 0) is 19.6 Å². The average molecular weight is 488 g/mol. The van der Waals surface area contributed by atoms with Gasteiger partial charge in [-0.05, 0) is 54.8 Å². The molecule has 3 aromatic heterocycles. The van der Waals surface area contributed by atoms with E-state index in [1.807, 2.05) is 66.6 Å². The van der Waals surface area contributed by atoms with E-state index in [9.17, 15) is 9.59 Å². The van der Waals surface area contributed by atoms with E-state index in [0.717, 1.165) is 33.8 Å². The molecule has 0 bridgehead atoms. The van der Waals surface area contributed by atoms with Crippen LogP contribution < -0.4 is 5.32 Å². The number of amides is 2. The highest BCUT2D eigenvalue weighted by Gasteiger charge is 2.19. The minimum atomic E-state index is -0.199. The number of nitrogens with zero attached hydrogens (tertiary/aromatic N) is 4. The molecule has 4 rings (SSSR count). The van der Waals surface area contributed by atoms with Crippen LogP contribution in [0.15, 0.2) is 72.5 Å². The number of carbonyl (C=O) groups is 2. The number of thiazole rings is 1. The Morgan fingerprint density at radius 2 is 1.89 bits per heavy atom. The number of carbonyl (C=O) groups excluding carboxylic acids is 2. The van der Waals surface area contributed by atoms with Crippen molar-refractivity contribution in [3.63, 3.8) is 0 Å².